The third kappa shape index (κ3) is 3.71. The van der Waals surface area contributed by atoms with Crippen molar-refractivity contribution in [2.24, 2.45) is 0 Å². The van der Waals surface area contributed by atoms with Crippen molar-refractivity contribution in [2.75, 3.05) is 12.8 Å². The minimum atomic E-state index is -0.416. The molecule has 0 heterocycles. The Morgan fingerprint density at radius 1 is 1.00 bits per heavy atom. The van der Waals surface area contributed by atoms with Gasteiger partial charge >= 0.3 is 5.97 Å². The summed E-state index contributed by atoms with van der Waals surface area (Å²) in [6.45, 7) is 0. The van der Waals surface area contributed by atoms with Crippen molar-refractivity contribution >= 4 is 11.7 Å². The molecule has 23 heavy (non-hydrogen) atoms. The van der Waals surface area contributed by atoms with Crippen molar-refractivity contribution in [3.8, 4) is 11.5 Å². The zero-order valence-corrected chi connectivity index (χ0v) is 13.7. The second-order valence-electron chi connectivity index (χ2n) is 6.43. The first-order valence-corrected chi connectivity index (χ1v) is 8.52. The van der Waals surface area contributed by atoms with E-state index in [-0.39, 0.29) is 12.2 Å². The quantitative estimate of drug-likeness (QED) is 0.662. The average molecular weight is 319 g/mol. The lowest BCUT2D eigenvalue weighted by Gasteiger charge is -2.21. The molecule has 0 amide bonds. The van der Waals surface area contributed by atoms with E-state index in [4.69, 9.17) is 19.9 Å². The van der Waals surface area contributed by atoms with Crippen LogP contribution in [0.3, 0.4) is 0 Å². The number of nitrogen functional groups attached to an aromatic ring is 1. The van der Waals surface area contributed by atoms with Crippen LogP contribution < -0.4 is 15.2 Å². The van der Waals surface area contributed by atoms with Gasteiger partial charge in [0.05, 0.1) is 30.6 Å². The summed E-state index contributed by atoms with van der Waals surface area (Å²) in [5, 5.41) is 0. The number of hydrogen-bond donors (Lipinski definition) is 1. The van der Waals surface area contributed by atoms with Gasteiger partial charge in [0.25, 0.3) is 0 Å². The molecule has 2 fully saturated rings. The van der Waals surface area contributed by atoms with Crippen LogP contribution in [0.15, 0.2) is 12.1 Å². The van der Waals surface area contributed by atoms with E-state index in [2.05, 4.69) is 0 Å². The second kappa shape index (κ2) is 7.11. The summed E-state index contributed by atoms with van der Waals surface area (Å²) in [6, 6.07) is 3.31. The maximum atomic E-state index is 11.8. The van der Waals surface area contributed by atoms with Gasteiger partial charge in [-0.15, -0.1) is 0 Å². The topological polar surface area (TPSA) is 70.8 Å². The number of rotatable bonds is 5. The van der Waals surface area contributed by atoms with Crippen molar-refractivity contribution in [3.63, 3.8) is 0 Å². The molecule has 0 saturated heterocycles. The maximum Gasteiger partial charge on any atom is 0.338 e. The third-order valence-corrected chi connectivity index (χ3v) is 4.69. The van der Waals surface area contributed by atoms with E-state index >= 15 is 0 Å². The van der Waals surface area contributed by atoms with E-state index in [0.29, 0.717) is 22.7 Å². The summed E-state index contributed by atoms with van der Waals surface area (Å²) in [5.74, 6) is 0.737. The maximum absolute atomic E-state index is 11.8. The Kier molecular flexibility index (Phi) is 4.94. The molecule has 1 aromatic rings. The van der Waals surface area contributed by atoms with Gasteiger partial charge in [-0.3, -0.25) is 0 Å². The molecule has 0 aliphatic heterocycles. The highest BCUT2D eigenvalue weighted by atomic mass is 16.5. The van der Waals surface area contributed by atoms with Crippen molar-refractivity contribution < 1.29 is 19.0 Å². The smallest absolute Gasteiger partial charge is 0.338 e. The number of carbonyl (C=O) groups excluding carboxylic acids is 1. The van der Waals surface area contributed by atoms with Crippen LogP contribution in [0.5, 0.6) is 11.5 Å². The van der Waals surface area contributed by atoms with Crippen LogP contribution in [-0.2, 0) is 4.74 Å². The Balaban J connectivity index is 1.88. The van der Waals surface area contributed by atoms with Crippen LogP contribution in [0.25, 0.3) is 0 Å². The van der Waals surface area contributed by atoms with Gasteiger partial charge in [0.15, 0.2) is 11.5 Å². The molecule has 3 rings (SSSR count). The number of carbonyl (C=O) groups is 1. The molecule has 1 aromatic carbocycles. The van der Waals surface area contributed by atoms with Gasteiger partial charge in [0, 0.05) is 0 Å². The van der Waals surface area contributed by atoms with Gasteiger partial charge in [0.2, 0.25) is 0 Å². The molecule has 2 saturated carbocycles. The number of hydrogen-bond acceptors (Lipinski definition) is 5. The molecule has 0 unspecified atom stereocenters. The number of methoxy groups -OCH3 is 1. The zero-order valence-electron chi connectivity index (χ0n) is 13.7. The molecule has 0 bridgehead atoms. The molecule has 5 nitrogen and oxygen atoms in total. The summed E-state index contributed by atoms with van der Waals surface area (Å²) in [5.41, 5.74) is 6.99. The van der Waals surface area contributed by atoms with Crippen LogP contribution >= 0.6 is 0 Å². The van der Waals surface area contributed by atoms with Gasteiger partial charge in [-0.05, 0) is 63.5 Å². The fourth-order valence-electron chi connectivity index (χ4n) is 3.43. The number of benzene rings is 1. The average Bonchev–Trinajstić information content (AvgIpc) is 3.23. The molecule has 0 spiro atoms. The highest BCUT2D eigenvalue weighted by Crippen LogP contribution is 2.40. The number of ether oxygens (including phenoxy) is 3. The van der Waals surface area contributed by atoms with Crippen LogP contribution in [0.2, 0.25) is 0 Å². The van der Waals surface area contributed by atoms with E-state index in [9.17, 15) is 4.79 Å². The zero-order chi connectivity index (χ0) is 16.2. The minimum Gasteiger partial charge on any atom is -0.486 e. The Bertz CT molecular complexity index is 560. The summed E-state index contributed by atoms with van der Waals surface area (Å²) in [4.78, 5) is 11.8. The number of anilines is 1. The molecular weight excluding hydrogens is 294 g/mol. The van der Waals surface area contributed by atoms with E-state index in [1.807, 2.05) is 0 Å². The summed E-state index contributed by atoms with van der Waals surface area (Å²) < 4.78 is 17.0. The normalized spacial score (nSPS) is 19.0. The lowest BCUT2D eigenvalue weighted by molar-refractivity contribution is 0.0599. The highest BCUT2D eigenvalue weighted by molar-refractivity contribution is 5.92. The molecule has 0 atom stereocenters. The van der Waals surface area contributed by atoms with Crippen molar-refractivity contribution in [1.29, 1.82) is 0 Å². The molecule has 0 radical (unpaired) electrons. The van der Waals surface area contributed by atoms with Gasteiger partial charge in [0.1, 0.15) is 0 Å². The van der Waals surface area contributed by atoms with E-state index in [1.54, 1.807) is 12.1 Å². The van der Waals surface area contributed by atoms with E-state index in [0.717, 1.165) is 25.7 Å². The Morgan fingerprint density at radius 3 is 2.13 bits per heavy atom. The first-order chi connectivity index (χ1) is 11.2. The predicted octanol–water partition coefficient (Wildman–Crippen LogP) is 3.70. The number of esters is 1. The summed E-state index contributed by atoms with van der Waals surface area (Å²) >= 11 is 0. The first-order valence-electron chi connectivity index (χ1n) is 8.52. The standard InChI is InChI=1S/C18H25NO4/c1-21-18(20)12-10-15(19)17(23-14-8-4-5-9-14)16(11-12)22-13-6-2-3-7-13/h10-11,13-14H,2-9,19H2,1H3. The van der Waals surface area contributed by atoms with Crippen LogP contribution in [0.1, 0.15) is 61.7 Å². The lowest BCUT2D eigenvalue weighted by Crippen LogP contribution is -2.17. The molecule has 2 aliphatic carbocycles. The van der Waals surface area contributed by atoms with Gasteiger partial charge in [-0.25, -0.2) is 4.79 Å². The van der Waals surface area contributed by atoms with Crippen molar-refractivity contribution in [3.05, 3.63) is 17.7 Å². The van der Waals surface area contributed by atoms with E-state index < -0.39 is 5.97 Å². The van der Waals surface area contributed by atoms with Gasteiger partial charge in [-0.2, -0.15) is 0 Å². The molecular formula is C18H25NO4. The molecule has 126 valence electrons. The SMILES string of the molecule is COC(=O)c1cc(N)c(OC2CCCC2)c(OC2CCCC2)c1. The Labute approximate surface area is 137 Å². The minimum absolute atomic E-state index is 0.174. The van der Waals surface area contributed by atoms with Crippen molar-refractivity contribution in [2.45, 2.75) is 63.6 Å². The fourth-order valence-corrected chi connectivity index (χ4v) is 3.43. The van der Waals surface area contributed by atoms with E-state index in [1.165, 1.54) is 32.8 Å². The Hall–Kier alpha value is -1.91. The van der Waals surface area contributed by atoms with Crippen LogP contribution in [0, 0.1) is 0 Å². The monoisotopic (exact) mass is 319 g/mol. The predicted molar refractivity (Wildman–Crippen MR) is 88.0 cm³/mol. The first kappa shape index (κ1) is 16.0. The summed E-state index contributed by atoms with van der Waals surface area (Å²) in [6.07, 6.45) is 9.23. The van der Waals surface area contributed by atoms with Gasteiger partial charge in [-0.1, -0.05) is 0 Å². The van der Waals surface area contributed by atoms with Crippen molar-refractivity contribution in [1.82, 2.24) is 0 Å². The Morgan fingerprint density at radius 2 is 1.57 bits per heavy atom. The molecule has 2 aliphatic rings. The lowest BCUT2D eigenvalue weighted by atomic mass is 10.1. The second-order valence-corrected chi connectivity index (χ2v) is 6.43. The van der Waals surface area contributed by atoms with Crippen LogP contribution in [-0.4, -0.2) is 25.3 Å². The highest BCUT2D eigenvalue weighted by Gasteiger charge is 2.25. The summed E-state index contributed by atoms with van der Waals surface area (Å²) in [7, 11) is 1.36. The largest absolute Gasteiger partial charge is 0.486 e. The molecule has 0 aromatic heterocycles. The third-order valence-electron chi connectivity index (χ3n) is 4.69. The molecule has 2 N–H and O–H groups in total. The fraction of sp³-hybridized carbons (Fsp3) is 0.611. The number of nitrogens with two attached hydrogens (primary N) is 1. The van der Waals surface area contributed by atoms with Gasteiger partial charge < -0.3 is 19.9 Å². The molecule has 5 heteroatoms. The van der Waals surface area contributed by atoms with Crippen LogP contribution in [0.4, 0.5) is 5.69 Å².